The topological polar surface area (TPSA) is 66.4 Å². The molecule has 0 radical (unpaired) electrons. The lowest BCUT2D eigenvalue weighted by Gasteiger charge is -2.01. The van der Waals surface area contributed by atoms with Crippen LogP contribution in [0.3, 0.4) is 0 Å². The molecule has 4 nitrogen and oxygen atoms in total. The molecular formula is C24H41NO3. The molecule has 2 N–H and O–H groups in total. The van der Waals surface area contributed by atoms with Gasteiger partial charge >= 0.3 is 0 Å². The zero-order valence-corrected chi connectivity index (χ0v) is 17.8. The van der Waals surface area contributed by atoms with Gasteiger partial charge in [-0.2, -0.15) is 0 Å². The highest BCUT2D eigenvalue weighted by Gasteiger charge is 2.05. The molecule has 0 aliphatic carbocycles. The minimum atomic E-state index is -0.636. The molecule has 2 amide bonds. The monoisotopic (exact) mass is 391 g/mol. The molecule has 0 atom stereocenters. The maximum atomic E-state index is 11.3. The summed E-state index contributed by atoms with van der Waals surface area (Å²) >= 11 is 0. The van der Waals surface area contributed by atoms with E-state index >= 15 is 0 Å². The third-order valence-electron chi connectivity index (χ3n) is 4.47. The Bertz CT molecular complexity index is 466. The van der Waals surface area contributed by atoms with E-state index in [1.54, 1.807) is 0 Å². The lowest BCUT2D eigenvalue weighted by molar-refractivity contribution is -0.132. The predicted octanol–water partition coefficient (Wildman–Crippen LogP) is 5.77. The van der Waals surface area contributed by atoms with Crippen molar-refractivity contribution in [1.29, 1.82) is 0 Å². The molecular weight excluding hydrogens is 350 g/mol. The van der Waals surface area contributed by atoms with Crippen molar-refractivity contribution in [3.63, 3.8) is 0 Å². The molecule has 0 rings (SSSR count). The number of hydrogen-bond donors (Lipinski definition) is 2. The largest absolute Gasteiger partial charge is 0.387 e. The van der Waals surface area contributed by atoms with Crippen molar-refractivity contribution < 1.29 is 14.7 Å². The summed E-state index contributed by atoms with van der Waals surface area (Å²) < 4.78 is 0. The van der Waals surface area contributed by atoms with Crippen molar-refractivity contribution >= 4 is 11.8 Å². The van der Waals surface area contributed by atoms with Crippen LogP contribution < -0.4 is 5.32 Å². The van der Waals surface area contributed by atoms with Gasteiger partial charge < -0.3 is 5.11 Å². The van der Waals surface area contributed by atoms with Crippen LogP contribution in [0.4, 0.5) is 0 Å². The summed E-state index contributed by atoms with van der Waals surface area (Å²) in [5.74, 6) is -0.925. The highest BCUT2D eigenvalue weighted by molar-refractivity contribution is 5.95. The average molecular weight is 392 g/mol. The molecule has 4 heteroatoms. The van der Waals surface area contributed by atoms with Crippen LogP contribution in [0.15, 0.2) is 36.5 Å². The van der Waals surface area contributed by atoms with Gasteiger partial charge in [-0.05, 0) is 44.9 Å². The Morgan fingerprint density at radius 3 is 1.71 bits per heavy atom. The summed E-state index contributed by atoms with van der Waals surface area (Å²) in [7, 11) is 0. The Kier molecular flexibility index (Phi) is 20.3. The van der Waals surface area contributed by atoms with E-state index in [0.717, 1.165) is 44.9 Å². The first-order valence-electron chi connectivity index (χ1n) is 11.1. The number of rotatable bonds is 18. The molecule has 160 valence electrons. The third-order valence-corrected chi connectivity index (χ3v) is 4.47. The first-order chi connectivity index (χ1) is 13.7. The zero-order chi connectivity index (χ0) is 20.7. The molecule has 0 aromatic heterocycles. The Hall–Kier alpha value is -1.68. The number of aliphatic hydroxyl groups is 1. The van der Waals surface area contributed by atoms with Gasteiger partial charge in [0.1, 0.15) is 6.61 Å². The summed E-state index contributed by atoms with van der Waals surface area (Å²) in [5, 5.41) is 10.7. The third kappa shape index (κ3) is 20.6. The number of hydrogen-bond acceptors (Lipinski definition) is 3. The fourth-order valence-corrected chi connectivity index (χ4v) is 2.80. The smallest absolute Gasteiger partial charge is 0.252 e. The van der Waals surface area contributed by atoms with Crippen molar-refractivity contribution in [2.45, 2.75) is 96.8 Å². The van der Waals surface area contributed by atoms with Gasteiger partial charge in [-0.25, -0.2) is 0 Å². The number of carbonyl (C=O) groups is 2. The van der Waals surface area contributed by atoms with Gasteiger partial charge in [-0.1, -0.05) is 81.9 Å². The second-order valence-corrected chi connectivity index (χ2v) is 7.17. The standard InChI is InChI=1S/C24H41NO3/c1-2-3-4-5-6-7-8-9-10-11-12-13-14-15-16-17-18-19-20-21-23(27)25-24(28)22-26/h8-9,11-12,14-15,26H,2-7,10,13,16-22H2,1H3,(H,25,27,28). The van der Waals surface area contributed by atoms with Crippen LogP contribution in [0.2, 0.25) is 0 Å². The highest BCUT2D eigenvalue weighted by Crippen LogP contribution is 2.07. The van der Waals surface area contributed by atoms with Crippen LogP contribution in [0, 0.1) is 0 Å². The number of nitrogens with one attached hydrogen (secondary N) is 1. The van der Waals surface area contributed by atoms with Crippen molar-refractivity contribution in [2.75, 3.05) is 6.61 Å². The normalized spacial score (nSPS) is 11.8. The second-order valence-electron chi connectivity index (χ2n) is 7.17. The molecule has 0 unspecified atom stereocenters. The zero-order valence-electron chi connectivity index (χ0n) is 17.8. The second kappa shape index (κ2) is 21.6. The Labute approximate surface area is 172 Å². The van der Waals surface area contributed by atoms with Gasteiger partial charge in [0.15, 0.2) is 0 Å². The van der Waals surface area contributed by atoms with Gasteiger partial charge in [0.2, 0.25) is 5.91 Å². The Morgan fingerprint density at radius 2 is 1.18 bits per heavy atom. The first-order valence-corrected chi connectivity index (χ1v) is 11.1. The maximum absolute atomic E-state index is 11.3. The fraction of sp³-hybridized carbons (Fsp3) is 0.667. The number of aliphatic hydroxyl groups excluding tert-OH is 1. The van der Waals surface area contributed by atoms with Crippen LogP contribution in [0.25, 0.3) is 0 Å². The number of amides is 2. The summed E-state index contributed by atoms with van der Waals surface area (Å²) in [4.78, 5) is 22.2. The minimum Gasteiger partial charge on any atom is -0.387 e. The summed E-state index contributed by atoms with van der Waals surface area (Å²) in [5.41, 5.74) is 0. The molecule has 28 heavy (non-hydrogen) atoms. The number of imide groups is 1. The summed E-state index contributed by atoms with van der Waals surface area (Å²) in [6, 6.07) is 0. The van der Waals surface area contributed by atoms with E-state index < -0.39 is 12.5 Å². The fourth-order valence-electron chi connectivity index (χ4n) is 2.80. The van der Waals surface area contributed by atoms with Crippen molar-refractivity contribution in [1.82, 2.24) is 5.32 Å². The van der Waals surface area contributed by atoms with E-state index in [9.17, 15) is 9.59 Å². The molecule has 0 aromatic rings. The Morgan fingerprint density at radius 1 is 0.679 bits per heavy atom. The Balaban J connectivity index is 3.38. The minimum absolute atomic E-state index is 0.299. The van der Waals surface area contributed by atoms with Crippen molar-refractivity contribution in [3.8, 4) is 0 Å². The van der Waals surface area contributed by atoms with E-state index in [0.29, 0.717) is 6.42 Å². The lowest BCUT2D eigenvalue weighted by atomic mass is 10.1. The molecule has 0 heterocycles. The lowest BCUT2D eigenvalue weighted by Crippen LogP contribution is -2.32. The molecule has 0 bridgehead atoms. The van der Waals surface area contributed by atoms with Gasteiger partial charge in [-0.3, -0.25) is 14.9 Å². The average Bonchev–Trinajstić information content (AvgIpc) is 2.69. The number of carbonyl (C=O) groups excluding carboxylic acids is 2. The van der Waals surface area contributed by atoms with Gasteiger partial charge in [0.25, 0.3) is 5.91 Å². The first kappa shape index (κ1) is 26.3. The van der Waals surface area contributed by atoms with E-state index in [1.165, 1.54) is 38.5 Å². The van der Waals surface area contributed by atoms with Crippen LogP contribution in [0.5, 0.6) is 0 Å². The molecule has 0 aliphatic rings. The van der Waals surface area contributed by atoms with Crippen LogP contribution >= 0.6 is 0 Å². The number of unbranched alkanes of at least 4 members (excludes halogenated alkanes) is 9. The van der Waals surface area contributed by atoms with E-state index in [4.69, 9.17) is 5.11 Å². The van der Waals surface area contributed by atoms with E-state index in [-0.39, 0.29) is 5.91 Å². The molecule has 0 spiro atoms. The SMILES string of the molecule is CCCCCCCC=CCC=CCC=CCCCCCCC(=O)NC(=O)CO. The predicted molar refractivity (Wildman–Crippen MR) is 118 cm³/mol. The maximum Gasteiger partial charge on any atom is 0.252 e. The quantitative estimate of drug-likeness (QED) is 0.230. The van der Waals surface area contributed by atoms with Gasteiger partial charge in [0.05, 0.1) is 0 Å². The molecule has 0 saturated heterocycles. The van der Waals surface area contributed by atoms with Crippen LogP contribution in [-0.4, -0.2) is 23.5 Å². The van der Waals surface area contributed by atoms with Gasteiger partial charge in [-0.15, -0.1) is 0 Å². The van der Waals surface area contributed by atoms with Crippen molar-refractivity contribution in [3.05, 3.63) is 36.5 Å². The van der Waals surface area contributed by atoms with Crippen LogP contribution in [-0.2, 0) is 9.59 Å². The molecule has 0 aliphatic heterocycles. The molecule has 0 saturated carbocycles. The van der Waals surface area contributed by atoms with E-state index in [1.807, 2.05) is 0 Å². The van der Waals surface area contributed by atoms with Gasteiger partial charge in [0, 0.05) is 6.42 Å². The molecule has 0 aromatic carbocycles. The summed E-state index contributed by atoms with van der Waals surface area (Å²) in [6.45, 7) is 1.61. The molecule has 0 fully saturated rings. The van der Waals surface area contributed by atoms with Crippen LogP contribution in [0.1, 0.15) is 96.8 Å². The van der Waals surface area contributed by atoms with Crippen molar-refractivity contribution in [2.24, 2.45) is 0 Å². The number of allylic oxidation sites excluding steroid dienone is 6. The highest BCUT2D eigenvalue weighted by atomic mass is 16.3. The van der Waals surface area contributed by atoms with E-state index in [2.05, 4.69) is 48.7 Å². The summed E-state index contributed by atoms with van der Waals surface area (Å²) in [6.07, 6.45) is 28.8.